The number of fused-ring (bicyclic) bond motifs is 1. The Morgan fingerprint density at radius 1 is 1.29 bits per heavy atom. The molecule has 0 radical (unpaired) electrons. The molecule has 5 unspecified atom stereocenters. The van der Waals surface area contributed by atoms with Gasteiger partial charge in [0.2, 0.25) is 0 Å². The molecule has 2 aliphatic heterocycles. The quantitative estimate of drug-likeness (QED) is 0.780. The lowest BCUT2D eigenvalue weighted by Gasteiger charge is -2.45. The average Bonchev–Trinajstić information content (AvgIpc) is 2.43. The number of hydrogen-bond donors (Lipinski definition) is 2. The molecule has 4 bridgehead atoms. The van der Waals surface area contributed by atoms with E-state index in [1.807, 2.05) is 0 Å². The summed E-state index contributed by atoms with van der Waals surface area (Å²) in [4.78, 5) is 2.64. The summed E-state index contributed by atoms with van der Waals surface area (Å²) in [5, 5.41) is 10.7. The van der Waals surface area contributed by atoms with Crippen LogP contribution in [0.4, 0.5) is 0 Å². The van der Waals surface area contributed by atoms with Gasteiger partial charge in [-0.15, -0.1) is 0 Å². The number of rotatable bonds is 3. The first kappa shape index (κ1) is 11.9. The molecule has 4 rings (SSSR count). The van der Waals surface area contributed by atoms with E-state index in [9.17, 15) is 5.11 Å². The molecule has 2 aliphatic carbocycles. The Morgan fingerprint density at radius 3 is 2.71 bits per heavy atom. The molecule has 2 saturated carbocycles. The lowest BCUT2D eigenvalue weighted by atomic mass is 9.65. The molecule has 2 saturated heterocycles. The van der Waals surface area contributed by atoms with Crippen molar-refractivity contribution >= 4 is 0 Å². The lowest BCUT2D eigenvalue weighted by molar-refractivity contribution is -0.0676. The zero-order valence-corrected chi connectivity index (χ0v) is 10.9. The van der Waals surface area contributed by atoms with Crippen molar-refractivity contribution in [2.24, 2.45) is 17.6 Å². The number of aliphatic hydroxyl groups is 1. The molecule has 0 spiro atoms. The number of hydrogen-bond acceptors (Lipinski definition) is 3. The fraction of sp³-hybridized carbons (Fsp3) is 1.00. The minimum Gasteiger partial charge on any atom is -0.390 e. The molecule has 17 heavy (non-hydrogen) atoms. The maximum absolute atomic E-state index is 10.7. The maximum atomic E-state index is 10.7. The maximum Gasteiger partial charge on any atom is 0.0668 e. The average molecular weight is 238 g/mol. The fourth-order valence-electron chi connectivity index (χ4n) is 4.87. The van der Waals surface area contributed by atoms with Crippen LogP contribution in [-0.4, -0.2) is 40.8 Å². The summed E-state index contributed by atoms with van der Waals surface area (Å²) < 4.78 is 0. The van der Waals surface area contributed by atoms with Gasteiger partial charge in [-0.05, 0) is 50.4 Å². The van der Waals surface area contributed by atoms with E-state index in [0.29, 0.717) is 18.0 Å². The van der Waals surface area contributed by atoms with Gasteiger partial charge in [-0.1, -0.05) is 6.92 Å². The minimum absolute atomic E-state index is 0.335. The summed E-state index contributed by atoms with van der Waals surface area (Å²) in [7, 11) is 0. The molecular weight excluding hydrogens is 212 g/mol. The van der Waals surface area contributed by atoms with Crippen LogP contribution in [0.3, 0.4) is 0 Å². The minimum atomic E-state index is -0.335. The predicted octanol–water partition coefficient (Wildman–Crippen LogP) is 1.35. The molecule has 4 aliphatic rings. The Labute approximate surface area is 104 Å². The number of nitrogens with two attached hydrogens (primary N) is 1. The van der Waals surface area contributed by atoms with Gasteiger partial charge in [0.25, 0.3) is 0 Å². The molecule has 98 valence electrons. The second-order valence-electron chi connectivity index (χ2n) is 6.69. The second kappa shape index (κ2) is 4.22. The van der Waals surface area contributed by atoms with Gasteiger partial charge in [-0.3, -0.25) is 4.90 Å². The van der Waals surface area contributed by atoms with Gasteiger partial charge in [0.15, 0.2) is 0 Å². The molecule has 0 aromatic rings. The first-order chi connectivity index (χ1) is 8.13. The van der Waals surface area contributed by atoms with E-state index < -0.39 is 0 Å². The van der Waals surface area contributed by atoms with Crippen LogP contribution in [0.5, 0.6) is 0 Å². The number of nitrogens with zero attached hydrogens (tertiary/aromatic N) is 1. The van der Waals surface area contributed by atoms with Gasteiger partial charge in [0.05, 0.1) is 5.60 Å². The van der Waals surface area contributed by atoms with Crippen LogP contribution >= 0.6 is 0 Å². The lowest BCUT2D eigenvalue weighted by Crippen LogP contribution is -2.50. The monoisotopic (exact) mass is 238 g/mol. The van der Waals surface area contributed by atoms with Crippen LogP contribution in [0.2, 0.25) is 0 Å². The van der Waals surface area contributed by atoms with Crippen molar-refractivity contribution in [2.75, 3.05) is 13.1 Å². The van der Waals surface area contributed by atoms with Crippen molar-refractivity contribution in [3.63, 3.8) is 0 Å². The van der Waals surface area contributed by atoms with Crippen molar-refractivity contribution in [3.8, 4) is 0 Å². The molecule has 2 heterocycles. The third kappa shape index (κ3) is 2.02. The van der Waals surface area contributed by atoms with Crippen molar-refractivity contribution < 1.29 is 5.11 Å². The van der Waals surface area contributed by atoms with Gasteiger partial charge in [0, 0.05) is 25.2 Å². The normalized spacial score (nSPS) is 47.1. The van der Waals surface area contributed by atoms with Crippen molar-refractivity contribution in [3.05, 3.63) is 0 Å². The highest BCUT2D eigenvalue weighted by Gasteiger charge is 2.50. The molecule has 5 atom stereocenters. The van der Waals surface area contributed by atoms with Crippen LogP contribution in [0, 0.1) is 11.8 Å². The molecule has 0 aromatic heterocycles. The highest BCUT2D eigenvalue weighted by atomic mass is 16.3. The van der Waals surface area contributed by atoms with Crippen LogP contribution in [-0.2, 0) is 0 Å². The van der Waals surface area contributed by atoms with E-state index in [-0.39, 0.29) is 5.60 Å². The van der Waals surface area contributed by atoms with Crippen molar-refractivity contribution in [1.29, 1.82) is 0 Å². The van der Waals surface area contributed by atoms with E-state index >= 15 is 0 Å². The largest absolute Gasteiger partial charge is 0.390 e. The summed E-state index contributed by atoms with van der Waals surface area (Å²) in [5.41, 5.74) is 5.59. The summed E-state index contributed by atoms with van der Waals surface area (Å²) in [6.45, 7) is 4.18. The molecule has 3 nitrogen and oxygen atoms in total. The first-order valence-corrected chi connectivity index (χ1v) is 7.31. The van der Waals surface area contributed by atoms with Crippen LogP contribution in [0.25, 0.3) is 0 Å². The van der Waals surface area contributed by atoms with Gasteiger partial charge >= 0.3 is 0 Å². The standard InChI is InChI=1S/C14H26N2O/c1-2-12(8-15)16-9-11-3-10-4-13(16)7-14(17,5-10)6-11/h10-13,17H,2-9,15H2,1H3. The Bertz CT molecular complexity index is 292. The topological polar surface area (TPSA) is 49.5 Å². The second-order valence-corrected chi connectivity index (χ2v) is 6.69. The van der Waals surface area contributed by atoms with Crippen molar-refractivity contribution in [2.45, 2.75) is 63.1 Å². The van der Waals surface area contributed by atoms with E-state index in [1.54, 1.807) is 0 Å². The van der Waals surface area contributed by atoms with E-state index in [2.05, 4.69) is 11.8 Å². The Hall–Kier alpha value is -0.120. The van der Waals surface area contributed by atoms with E-state index in [0.717, 1.165) is 38.1 Å². The third-order valence-corrected chi connectivity index (χ3v) is 5.38. The van der Waals surface area contributed by atoms with E-state index in [4.69, 9.17) is 5.73 Å². The zero-order chi connectivity index (χ0) is 12.0. The molecule has 3 heteroatoms. The first-order valence-electron chi connectivity index (χ1n) is 7.31. The van der Waals surface area contributed by atoms with E-state index in [1.165, 1.54) is 19.4 Å². The zero-order valence-electron chi connectivity index (χ0n) is 10.9. The highest BCUT2D eigenvalue weighted by molar-refractivity contribution is 5.04. The third-order valence-electron chi connectivity index (χ3n) is 5.38. The summed E-state index contributed by atoms with van der Waals surface area (Å²) in [5.74, 6) is 1.49. The molecular formula is C14H26N2O. The van der Waals surface area contributed by atoms with Gasteiger partial charge in [0.1, 0.15) is 0 Å². The molecule has 4 fully saturated rings. The highest BCUT2D eigenvalue weighted by Crippen LogP contribution is 2.50. The molecule has 0 amide bonds. The smallest absolute Gasteiger partial charge is 0.0668 e. The summed E-state index contributed by atoms with van der Waals surface area (Å²) in [6.07, 6.45) is 6.88. The fourth-order valence-corrected chi connectivity index (χ4v) is 4.87. The van der Waals surface area contributed by atoms with Crippen LogP contribution in [0.15, 0.2) is 0 Å². The Balaban J connectivity index is 1.85. The molecule has 0 aromatic carbocycles. The van der Waals surface area contributed by atoms with Gasteiger partial charge < -0.3 is 10.8 Å². The van der Waals surface area contributed by atoms with Gasteiger partial charge in [-0.25, -0.2) is 0 Å². The summed E-state index contributed by atoms with van der Waals surface area (Å²) >= 11 is 0. The Kier molecular flexibility index (Phi) is 2.96. The van der Waals surface area contributed by atoms with Crippen LogP contribution < -0.4 is 5.73 Å². The van der Waals surface area contributed by atoms with Crippen molar-refractivity contribution in [1.82, 2.24) is 4.90 Å². The van der Waals surface area contributed by atoms with Crippen LogP contribution in [0.1, 0.15) is 45.4 Å². The Morgan fingerprint density at radius 2 is 2.06 bits per heavy atom. The predicted molar refractivity (Wildman–Crippen MR) is 68.6 cm³/mol. The summed E-state index contributed by atoms with van der Waals surface area (Å²) in [6, 6.07) is 1.13. The SMILES string of the molecule is CCC(CN)N1CC2CC3CC1CC(O)(C3)C2. The van der Waals surface area contributed by atoms with Gasteiger partial charge in [-0.2, -0.15) is 0 Å². The molecule has 3 N–H and O–H groups in total.